The highest BCUT2D eigenvalue weighted by atomic mass is 32.1. The Balaban J connectivity index is 1.30. The fourth-order valence-corrected chi connectivity index (χ4v) is 8.44. The third-order valence-electron chi connectivity index (χ3n) is 9.00. The topological polar surface area (TPSA) is 54.5 Å². The van der Waals surface area contributed by atoms with Crippen molar-refractivity contribution in [1.82, 2.24) is 15.2 Å². The maximum Gasteiger partial charge on any atom is 0.228 e. The van der Waals surface area contributed by atoms with Crippen LogP contribution in [0.1, 0.15) is 72.0 Å². The molecule has 1 N–H and O–H groups in total. The van der Waals surface area contributed by atoms with E-state index in [0.29, 0.717) is 37.0 Å². The molecular weight excluding hydrogens is 442 g/mol. The summed E-state index contributed by atoms with van der Waals surface area (Å²) in [4.78, 5) is 22.8. The van der Waals surface area contributed by atoms with Crippen LogP contribution in [0.5, 0.6) is 0 Å². The van der Waals surface area contributed by atoms with E-state index >= 15 is 0 Å². The van der Waals surface area contributed by atoms with Crippen LogP contribution in [0.25, 0.3) is 0 Å². The van der Waals surface area contributed by atoms with Crippen LogP contribution < -0.4 is 5.32 Å². The van der Waals surface area contributed by atoms with Crippen LogP contribution in [0, 0.1) is 18.8 Å². The highest BCUT2D eigenvalue weighted by Crippen LogP contribution is 2.46. The van der Waals surface area contributed by atoms with Crippen LogP contribution >= 0.6 is 11.3 Å². The first-order valence-corrected chi connectivity index (χ1v) is 14.1. The van der Waals surface area contributed by atoms with Gasteiger partial charge in [-0.15, -0.1) is 11.3 Å². The summed E-state index contributed by atoms with van der Waals surface area (Å²) in [7, 11) is 0. The first-order chi connectivity index (χ1) is 16.7. The Labute approximate surface area is 207 Å². The van der Waals surface area contributed by atoms with E-state index in [4.69, 9.17) is 9.72 Å². The summed E-state index contributed by atoms with van der Waals surface area (Å²) in [6.45, 7) is 5.71. The molecule has 0 bridgehead atoms. The lowest BCUT2D eigenvalue weighted by Gasteiger charge is -2.47. The molecule has 2 aromatic rings. The van der Waals surface area contributed by atoms with Crippen LogP contribution in [0.4, 0.5) is 0 Å². The van der Waals surface area contributed by atoms with E-state index < -0.39 is 0 Å². The molecule has 0 radical (unpaired) electrons. The summed E-state index contributed by atoms with van der Waals surface area (Å²) >= 11 is 1.78. The molecule has 3 aliphatic heterocycles. The number of fused-ring (bicyclic) bond motifs is 2. The van der Waals surface area contributed by atoms with Crippen LogP contribution in [0.2, 0.25) is 0 Å². The van der Waals surface area contributed by atoms with Crippen molar-refractivity contribution < 1.29 is 9.53 Å². The van der Waals surface area contributed by atoms with Gasteiger partial charge in [0.2, 0.25) is 5.91 Å². The van der Waals surface area contributed by atoms with Gasteiger partial charge in [-0.2, -0.15) is 0 Å². The van der Waals surface area contributed by atoms with Gasteiger partial charge in [0.25, 0.3) is 0 Å². The summed E-state index contributed by atoms with van der Waals surface area (Å²) < 4.78 is 6.07. The average Bonchev–Trinajstić information content (AvgIpc) is 3.48. The molecule has 4 aliphatic rings. The molecule has 1 aliphatic carbocycles. The molecule has 2 saturated heterocycles. The molecule has 1 amide bonds. The molecule has 6 heteroatoms. The maximum absolute atomic E-state index is 14.4. The second-order valence-electron chi connectivity index (χ2n) is 11.0. The summed E-state index contributed by atoms with van der Waals surface area (Å²) in [5.41, 5.74) is 2.24. The molecule has 1 unspecified atom stereocenters. The molecule has 1 spiro atoms. The van der Waals surface area contributed by atoms with Crippen molar-refractivity contribution in [3.8, 4) is 0 Å². The number of nitrogens with one attached hydrogen (secondary N) is 1. The molecular formula is C28H37N3O2S. The Morgan fingerprint density at radius 1 is 1.18 bits per heavy atom. The summed E-state index contributed by atoms with van der Waals surface area (Å²) in [6, 6.07) is 11.3. The number of amides is 1. The zero-order chi connectivity index (χ0) is 23.1. The smallest absolute Gasteiger partial charge is 0.228 e. The minimum atomic E-state index is -0.260. The van der Waals surface area contributed by atoms with E-state index in [1.54, 1.807) is 11.3 Å². The van der Waals surface area contributed by atoms with Crippen molar-refractivity contribution in [3.05, 3.63) is 51.5 Å². The molecule has 1 aromatic carbocycles. The molecule has 4 atom stereocenters. The molecule has 5 nitrogen and oxygen atoms in total. The number of piperidine rings is 1. The van der Waals surface area contributed by atoms with E-state index in [0.717, 1.165) is 43.2 Å². The summed E-state index contributed by atoms with van der Waals surface area (Å²) in [6.07, 6.45) is 8.68. The molecule has 182 valence electrons. The summed E-state index contributed by atoms with van der Waals surface area (Å²) in [5, 5.41) is 4.66. The predicted octanol–water partition coefficient (Wildman–Crippen LogP) is 4.79. The number of nitrogens with zero attached hydrogens (tertiary/aromatic N) is 2. The Bertz CT molecular complexity index is 1020. The largest absolute Gasteiger partial charge is 0.374 e. The van der Waals surface area contributed by atoms with Crippen molar-refractivity contribution in [2.75, 3.05) is 26.2 Å². The quantitative estimate of drug-likeness (QED) is 0.688. The Morgan fingerprint density at radius 2 is 2.00 bits per heavy atom. The Hall–Kier alpha value is -1.76. The van der Waals surface area contributed by atoms with E-state index in [1.807, 2.05) is 0 Å². The molecule has 4 heterocycles. The number of carbonyl (C=O) groups excluding carboxylic acids is 1. The molecule has 34 heavy (non-hydrogen) atoms. The first-order valence-electron chi connectivity index (χ1n) is 13.3. The van der Waals surface area contributed by atoms with E-state index in [2.05, 4.69) is 47.5 Å². The number of likely N-dealkylation sites (tertiary alicyclic amines) is 1. The second kappa shape index (κ2) is 9.36. The zero-order valence-electron chi connectivity index (χ0n) is 20.3. The number of thiazole rings is 1. The Kier molecular flexibility index (Phi) is 6.25. The minimum Gasteiger partial charge on any atom is -0.374 e. The van der Waals surface area contributed by atoms with Crippen molar-refractivity contribution in [3.63, 3.8) is 0 Å². The van der Waals surface area contributed by atoms with Crippen LogP contribution in [0.15, 0.2) is 30.3 Å². The van der Waals surface area contributed by atoms with E-state index in [1.165, 1.54) is 42.5 Å². The second-order valence-corrected chi connectivity index (χ2v) is 12.2. The minimum absolute atomic E-state index is 0.0641. The lowest BCUT2D eigenvalue weighted by atomic mass is 9.72. The molecule has 1 aromatic heterocycles. The van der Waals surface area contributed by atoms with Gasteiger partial charge in [-0.25, -0.2) is 4.98 Å². The molecule has 1 saturated carbocycles. The van der Waals surface area contributed by atoms with Gasteiger partial charge in [0.1, 0.15) is 0 Å². The summed E-state index contributed by atoms with van der Waals surface area (Å²) in [5.74, 6) is 1.49. The maximum atomic E-state index is 14.4. The van der Waals surface area contributed by atoms with Crippen molar-refractivity contribution >= 4 is 17.2 Å². The van der Waals surface area contributed by atoms with Crippen LogP contribution in [-0.4, -0.2) is 48.1 Å². The number of hydrogen-bond donors (Lipinski definition) is 1. The van der Waals surface area contributed by atoms with E-state index in [-0.39, 0.29) is 11.3 Å². The van der Waals surface area contributed by atoms with E-state index in [9.17, 15) is 4.79 Å². The highest BCUT2D eigenvalue weighted by Gasteiger charge is 2.54. The standard InChI is InChI=1S/C28H37N3O2S/c1-19-30-24-16-33-18-28(26(24)34-19)17-29-15-23(28)27(32)31-13-12-22(20-8-4-2-5-9-20)14-25(31)21-10-6-3-7-11-21/h2,4-5,8-9,21-23,25,29H,3,6-7,10-18H2,1H3/t22-,23?,25+,28+/m1/s1. The van der Waals surface area contributed by atoms with Crippen molar-refractivity contribution in [1.29, 1.82) is 0 Å². The number of hydrogen-bond acceptors (Lipinski definition) is 5. The number of aryl methyl sites for hydroxylation is 1. The lowest BCUT2D eigenvalue weighted by Crippen LogP contribution is -2.56. The number of rotatable bonds is 3. The van der Waals surface area contributed by atoms with Gasteiger partial charge in [-0.05, 0) is 50.0 Å². The SMILES string of the molecule is Cc1nc2c(s1)[C@@]1(CNCC1C(=O)N1CC[C@@H](c3ccccc3)C[C@H]1C1CCCCC1)COC2. The Morgan fingerprint density at radius 3 is 2.82 bits per heavy atom. The van der Waals surface area contributed by atoms with Gasteiger partial charge in [0.15, 0.2) is 0 Å². The zero-order valence-corrected chi connectivity index (χ0v) is 21.1. The van der Waals surface area contributed by atoms with Gasteiger partial charge in [-0.1, -0.05) is 49.6 Å². The van der Waals surface area contributed by atoms with Gasteiger partial charge >= 0.3 is 0 Å². The monoisotopic (exact) mass is 479 g/mol. The number of ether oxygens (including phenoxy) is 1. The van der Waals surface area contributed by atoms with Gasteiger partial charge < -0.3 is 15.0 Å². The van der Waals surface area contributed by atoms with Crippen molar-refractivity contribution in [2.24, 2.45) is 11.8 Å². The van der Waals surface area contributed by atoms with Crippen LogP contribution in [0.3, 0.4) is 0 Å². The third-order valence-corrected chi connectivity index (χ3v) is 10.2. The molecule has 3 fully saturated rings. The number of benzene rings is 1. The van der Waals surface area contributed by atoms with Gasteiger partial charge in [-0.3, -0.25) is 4.79 Å². The number of aromatic nitrogens is 1. The normalized spacial score (nSPS) is 32.1. The lowest BCUT2D eigenvalue weighted by molar-refractivity contribution is -0.144. The first kappa shape index (κ1) is 22.7. The number of carbonyl (C=O) groups is 1. The molecule has 6 rings (SSSR count). The van der Waals surface area contributed by atoms with Crippen molar-refractivity contribution in [2.45, 2.75) is 75.9 Å². The van der Waals surface area contributed by atoms with Gasteiger partial charge in [0.05, 0.1) is 35.2 Å². The third kappa shape index (κ3) is 3.92. The predicted molar refractivity (Wildman–Crippen MR) is 135 cm³/mol. The fourth-order valence-electron chi connectivity index (χ4n) is 7.29. The fraction of sp³-hybridized carbons (Fsp3) is 0.643. The highest BCUT2D eigenvalue weighted by molar-refractivity contribution is 7.11. The van der Waals surface area contributed by atoms with Gasteiger partial charge in [0, 0.05) is 30.6 Å². The average molecular weight is 480 g/mol. The van der Waals surface area contributed by atoms with Crippen LogP contribution in [-0.2, 0) is 21.6 Å².